The van der Waals surface area contributed by atoms with Crippen LogP contribution in [0, 0.1) is 16.7 Å². The number of nitrogens with one attached hydrogen (secondary N) is 1. The molecule has 0 aliphatic heterocycles. The third-order valence-corrected chi connectivity index (χ3v) is 5.12. The van der Waals surface area contributed by atoms with Crippen molar-refractivity contribution in [2.24, 2.45) is 5.41 Å². The summed E-state index contributed by atoms with van der Waals surface area (Å²) in [6.07, 6.45) is 11.1. The molecule has 0 aromatic heterocycles. The summed E-state index contributed by atoms with van der Waals surface area (Å²) in [4.78, 5) is 0. The summed E-state index contributed by atoms with van der Waals surface area (Å²) in [5.74, 6) is 0. The molecule has 0 heterocycles. The van der Waals surface area contributed by atoms with Gasteiger partial charge in [-0.2, -0.15) is 5.26 Å². The predicted molar refractivity (Wildman–Crippen MR) is 77.9 cm³/mol. The van der Waals surface area contributed by atoms with E-state index in [1.54, 1.807) is 0 Å². The highest BCUT2D eigenvalue weighted by atomic mass is 14.9. The molecule has 1 aromatic carbocycles. The molecular weight excluding hydrogens is 232 g/mol. The van der Waals surface area contributed by atoms with Crippen molar-refractivity contribution in [2.75, 3.05) is 5.32 Å². The van der Waals surface area contributed by atoms with Gasteiger partial charge in [0.25, 0.3) is 0 Å². The normalized spacial score (nSPS) is 22.3. The molecule has 0 unspecified atom stereocenters. The van der Waals surface area contributed by atoms with Gasteiger partial charge in [-0.15, -0.1) is 0 Å². The summed E-state index contributed by atoms with van der Waals surface area (Å²) in [5, 5.41) is 12.7. The van der Waals surface area contributed by atoms with Crippen LogP contribution in [-0.4, -0.2) is 6.04 Å². The van der Waals surface area contributed by atoms with Crippen LogP contribution in [0.1, 0.15) is 56.9 Å². The van der Waals surface area contributed by atoms with E-state index in [4.69, 9.17) is 5.26 Å². The fourth-order valence-corrected chi connectivity index (χ4v) is 3.93. The van der Waals surface area contributed by atoms with Crippen molar-refractivity contribution in [3.63, 3.8) is 0 Å². The number of rotatable bonds is 2. The van der Waals surface area contributed by atoms with Crippen molar-refractivity contribution >= 4 is 5.69 Å². The van der Waals surface area contributed by atoms with Crippen LogP contribution >= 0.6 is 0 Å². The lowest BCUT2D eigenvalue weighted by Crippen LogP contribution is -2.31. The number of hydrogen-bond donors (Lipinski definition) is 1. The molecule has 0 bridgehead atoms. The molecule has 100 valence electrons. The molecule has 2 aliphatic rings. The molecule has 1 spiro atoms. The maximum absolute atomic E-state index is 9.13. The lowest BCUT2D eigenvalue weighted by molar-refractivity contribution is 0.188. The van der Waals surface area contributed by atoms with Gasteiger partial charge in [-0.25, -0.2) is 0 Å². The second kappa shape index (κ2) is 5.25. The van der Waals surface area contributed by atoms with Crippen molar-refractivity contribution in [2.45, 2.75) is 57.4 Å². The van der Waals surface area contributed by atoms with Crippen LogP contribution in [0.5, 0.6) is 0 Å². The average molecular weight is 254 g/mol. The Morgan fingerprint density at radius 3 is 2.42 bits per heavy atom. The number of nitriles is 1. The van der Waals surface area contributed by atoms with Gasteiger partial charge in [-0.3, -0.25) is 0 Å². The van der Waals surface area contributed by atoms with E-state index in [0.717, 1.165) is 11.3 Å². The van der Waals surface area contributed by atoms with E-state index >= 15 is 0 Å². The molecule has 0 atom stereocenters. The Morgan fingerprint density at radius 2 is 1.74 bits per heavy atom. The van der Waals surface area contributed by atoms with Crippen LogP contribution in [0.3, 0.4) is 0 Å². The van der Waals surface area contributed by atoms with Gasteiger partial charge in [-0.05, 0) is 56.1 Å². The Bertz CT molecular complexity index is 470. The van der Waals surface area contributed by atoms with E-state index in [2.05, 4.69) is 11.4 Å². The molecule has 1 N–H and O–H groups in total. The number of anilines is 1. The SMILES string of the molecule is N#Cc1ccccc1NC1CCC2(CCCC2)CC1. The first kappa shape index (κ1) is 12.5. The number of para-hydroxylation sites is 1. The quantitative estimate of drug-likeness (QED) is 0.845. The fraction of sp³-hybridized carbons (Fsp3) is 0.588. The van der Waals surface area contributed by atoms with E-state index in [1.807, 2.05) is 24.3 Å². The van der Waals surface area contributed by atoms with Crippen LogP contribution < -0.4 is 5.32 Å². The molecule has 2 fully saturated rings. The van der Waals surface area contributed by atoms with E-state index in [0.29, 0.717) is 11.5 Å². The molecule has 2 nitrogen and oxygen atoms in total. The molecule has 19 heavy (non-hydrogen) atoms. The topological polar surface area (TPSA) is 35.8 Å². The summed E-state index contributed by atoms with van der Waals surface area (Å²) in [6.45, 7) is 0. The van der Waals surface area contributed by atoms with Gasteiger partial charge in [0, 0.05) is 6.04 Å². The van der Waals surface area contributed by atoms with Gasteiger partial charge in [0.15, 0.2) is 0 Å². The summed E-state index contributed by atoms with van der Waals surface area (Å²) in [5.41, 5.74) is 2.47. The van der Waals surface area contributed by atoms with Crippen molar-refractivity contribution < 1.29 is 0 Å². The van der Waals surface area contributed by atoms with Crippen LogP contribution in [-0.2, 0) is 0 Å². The fourth-order valence-electron chi connectivity index (χ4n) is 3.93. The Hall–Kier alpha value is -1.49. The first-order chi connectivity index (χ1) is 9.31. The molecule has 3 rings (SSSR count). The van der Waals surface area contributed by atoms with Gasteiger partial charge in [0.1, 0.15) is 6.07 Å². The van der Waals surface area contributed by atoms with Gasteiger partial charge < -0.3 is 5.32 Å². The highest BCUT2D eigenvalue weighted by molar-refractivity contribution is 5.57. The minimum absolute atomic E-state index is 0.556. The highest BCUT2D eigenvalue weighted by Crippen LogP contribution is 2.49. The number of hydrogen-bond acceptors (Lipinski definition) is 2. The number of benzene rings is 1. The van der Waals surface area contributed by atoms with E-state index in [-0.39, 0.29) is 0 Å². The van der Waals surface area contributed by atoms with E-state index in [1.165, 1.54) is 51.4 Å². The zero-order chi connectivity index (χ0) is 13.1. The van der Waals surface area contributed by atoms with Crippen LogP contribution in [0.4, 0.5) is 5.69 Å². The van der Waals surface area contributed by atoms with Gasteiger partial charge in [-0.1, -0.05) is 25.0 Å². The Kier molecular flexibility index (Phi) is 3.46. The summed E-state index contributed by atoms with van der Waals surface area (Å²) in [6, 6.07) is 10.7. The molecule has 0 saturated heterocycles. The zero-order valence-electron chi connectivity index (χ0n) is 11.5. The van der Waals surface area contributed by atoms with Crippen molar-refractivity contribution in [3.05, 3.63) is 29.8 Å². The van der Waals surface area contributed by atoms with Gasteiger partial charge in [0.05, 0.1) is 11.3 Å². The summed E-state index contributed by atoms with van der Waals surface area (Å²) < 4.78 is 0. The minimum atomic E-state index is 0.556. The molecule has 1 aromatic rings. The number of nitrogens with zero attached hydrogens (tertiary/aromatic N) is 1. The second-order valence-electron chi connectivity index (χ2n) is 6.28. The lowest BCUT2D eigenvalue weighted by Gasteiger charge is -2.38. The largest absolute Gasteiger partial charge is 0.381 e. The first-order valence-electron chi connectivity index (χ1n) is 7.57. The standard InChI is InChI=1S/C17H22N2/c18-13-14-5-1-2-6-16(14)19-15-7-11-17(12-8-15)9-3-4-10-17/h1-2,5-6,15,19H,3-4,7-12H2. The average Bonchev–Trinajstić information content (AvgIpc) is 2.91. The van der Waals surface area contributed by atoms with E-state index in [9.17, 15) is 0 Å². The maximum atomic E-state index is 9.13. The second-order valence-corrected chi connectivity index (χ2v) is 6.28. The van der Waals surface area contributed by atoms with Crippen molar-refractivity contribution in [1.29, 1.82) is 5.26 Å². The summed E-state index contributed by atoms with van der Waals surface area (Å²) in [7, 11) is 0. The monoisotopic (exact) mass is 254 g/mol. The molecule has 2 heteroatoms. The maximum Gasteiger partial charge on any atom is 0.101 e. The third-order valence-electron chi connectivity index (χ3n) is 5.12. The highest BCUT2D eigenvalue weighted by Gasteiger charge is 2.37. The van der Waals surface area contributed by atoms with Crippen molar-refractivity contribution in [3.8, 4) is 6.07 Å². The van der Waals surface area contributed by atoms with Crippen LogP contribution in [0.25, 0.3) is 0 Å². The van der Waals surface area contributed by atoms with E-state index < -0.39 is 0 Å². The molecule has 2 saturated carbocycles. The first-order valence-corrected chi connectivity index (χ1v) is 7.57. The smallest absolute Gasteiger partial charge is 0.101 e. The van der Waals surface area contributed by atoms with Crippen LogP contribution in [0.2, 0.25) is 0 Å². The Labute approximate surface area is 115 Å². The molecule has 0 radical (unpaired) electrons. The van der Waals surface area contributed by atoms with Crippen LogP contribution in [0.15, 0.2) is 24.3 Å². The van der Waals surface area contributed by atoms with Gasteiger partial charge in [0.2, 0.25) is 0 Å². The summed E-state index contributed by atoms with van der Waals surface area (Å²) >= 11 is 0. The molecule has 2 aliphatic carbocycles. The zero-order valence-corrected chi connectivity index (χ0v) is 11.5. The van der Waals surface area contributed by atoms with Gasteiger partial charge >= 0.3 is 0 Å². The Balaban J connectivity index is 1.62. The Morgan fingerprint density at radius 1 is 1.05 bits per heavy atom. The molecular formula is C17H22N2. The third kappa shape index (κ3) is 2.61. The molecule has 0 amide bonds. The lowest BCUT2D eigenvalue weighted by atomic mass is 9.71. The van der Waals surface area contributed by atoms with Crippen molar-refractivity contribution in [1.82, 2.24) is 0 Å². The predicted octanol–water partition coefficient (Wildman–Crippen LogP) is 4.47. The minimum Gasteiger partial charge on any atom is -0.381 e.